The van der Waals surface area contributed by atoms with E-state index in [4.69, 9.17) is 4.42 Å². The van der Waals surface area contributed by atoms with Crippen LogP contribution in [0, 0.1) is 13.8 Å². The summed E-state index contributed by atoms with van der Waals surface area (Å²) in [5.74, 6) is 0.659. The first-order chi connectivity index (χ1) is 15.5. The lowest BCUT2D eigenvalue weighted by atomic mass is 9.97. The highest BCUT2D eigenvalue weighted by Gasteiger charge is 2.24. The number of aromatic nitrogens is 2. The summed E-state index contributed by atoms with van der Waals surface area (Å²) in [7, 11) is 1.84. The maximum Gasteiger partial charge on any atom is 0.277 e. The van der Waals surface area contributed by atoms with E-state index in [1.807, 2.05) is 93.7 Å². The molecular formula is C26H25N3O2S. The van der Waals surface area contributed by atoms with Gasteiger partial charge in [-0.25, -0.2) is 0 Å². The zero-order valence-electron chi connectivity index (χ0n) is 18.4. The van der Waals surface area contributed by atoms with Gasteiger partial charge in [0.1, 0.15) is 0 Å². The van der Waals surface area contributed by atoms with Gasteiger partial charge in [0.25, 0.3) is 5.22 Å². The fourth-order valence-corrected chi connectivity index (χ4v) is 4.45. The molecular weight excluding hydrogens is 418 g/mol. The van der Waals surface area contributed by atoms with E-state index in [0.717, 1.165) is 27.8 Å². The Balaban J connectivity index is 1.48. The number of carbonyl (C=O) groups is 1. The second-order valence-corrected chi connectivity index (χ2v) is 8.69. The second kappa shape index (κ2) is 9.83. The molecule has 0 atom stereocenters. The van der Waals surface area contributed by atoms with E-state index in [9.17, 15) is 4.79 Å². The van der Waals surface area contributed by atoms with Gasteiger partial charge in [0, 0.05) is 12.6 Å². The van der Waals surface area contributed by atoms with Crippen LogP contribution in [0.1, 0.15) is 28.3 Å². The standard InChI is InChI=1S/C26H25N3O2S/c1-18-14-19(2)16-22(15-18)25-27-28-26(31-25)32-17-23(30)29(3)24(20-10-6-4-7-11-20)21-12-8-5-9-13-21/h4-16,24H,17H2,1-3H3. The van der Waals surface area contributed by atoms with Crippen molar-refractivity contribution in [2.24, 2.45) is 0 Å². The van der Waals surface area contributed by atoms with Crippen LogP contribution in [-0.2, 0) is 4.79 Å². The van der Waals surface area contributed by atoms with Crippen molar-refractivity contribution in [3.8, 4) is 11.5 Å². The van der Waals surface area contributed by atoms with E-state index in [1.165, 1.54) is 11.8 Å². The molecule has 162 valence electrons. The number of hydrogen-bond acceptors (Lipinski definition) is 5. The van der Waals surface area contributed by atoms with Crippen LogP contribution in [0.4, 0.5) is 0 Å². The minimum absolute atomic E-state index is 0.0149. The molecule has 0 radical (unpaired) electrons. The third-order valence-corrected chi connectivity index (χ3v) is 6.01. The van der Waals surface area contributed by atoms with Crippen molar-refractivity contribution >= 4 is 17.7 Å². The SMILES string of the molecule is Cc1cc(C)cc(-c2nnc(SCC(=O)N(C)C(c3ccccc3)c3ccccc3)o2)c1. The summed E-state index contributed by atoms with van der Waals surface area (Å²) in [5.41, 5.74) is 5.29. The largest absolute Gasteiger partial charge is 0.411 e. The number of nitrogens with zero attached hydrogens (tertiary/aromatic N) is 3. The van der Waals surface area contributed by atoms with Crippen LogP contribution in [0.3, 0.4) is 0 Å². The summed E-state index contributed by atoms with van der Waals surface area (Å²) in [6.45, 7) is 4.07. The van der Waals surface area contributed by atoms with Crippen LogP contribution in [-0.4, -0.2) is 33.8 Å². The summed E-state index contributed by atoms with van der Waals surface area (Å²) >= 11 is 1.26. The molecule has 0 saturated heterocycles. The molecule has 0 saturated carbocycles. The quantitative estimate of drug-likeness (QED) is 0.343. The maximum atomic E-state index is 13.1. The molecule has 5 nitrogen and oxygen atoms in total. The lowest BCUT2D eigenvalue weighted by molar-refractivity contribution is -0.128. The van der Waals surface area contributed by atoms with Gasteiger partial charge in [0.15, 0.2) is 0 Å². The van der Waals surface area contributed by atoms with E-state index >= 15 is 0 Å². The minimum Gasteiger partial charge on any atom is -0.411 e. The van der Waals surface area contributed by atoms with E-state index < -0.39 is 0 Å². The number of aryl methyl sites for hydroxylation is 2. The average molecular weight is 444 g/mol. The van der Waals surface area contributed by atoms with Crippen molar-refractivity contribution in [2.45, 2.75) is 25.1 Å². The first-order valence-corrected chi connectivity index (χ1v) is 11.4. The van der Waals surface area contributed by atoms with E-state index in [1.54, 1.807) is 4.90 Å². The summed E-state index contributed by atoms with van der Waals surface area (Å²) < 4.78 is 5.81. The topological polar surface area (TPSA) is 59.2 Å². The molecule has 0 fully saturated rings. The minimum atomic E-state index is -0.168. The lowest BCUT2D eigenvalue weighted by Gasteiger charge is -2.29. The van der Waals surface area contributed by atoms with Crippen molar-refractivity contribution < 1.29 is 9.21 Å². The Morgan fingerprint density at radius 1 is 0.906 bits per heavy atom. The molecule has 1 amide bonds. The fraction of sp³-hybridized carbons (Fsp3) is 0.192. The summed E-state index contributed by atoms with van der Waals surface area (Å²) in [5, 5.41) is 8.67. The molecule has 0 aliphatic rings. The van der Waals surface area contributed by atoms with Crippen LogP contribution in [0.5, 0.6) is 0 Å². The molecule has 1 aromatic heterocycles. The van der Waals surface area contributed by atoms with Crippen molar-refractivity contribution in [2.75, 3.05) is 12.8 Å². The van der Waals surface area contributed by atoms with Crippen molar-refractivity contribution in [1.82, 2.24) is 15.1 Å². The normalized spacial score (nSPS) is 11.0. The number of rotatable bonds is 7. The molecule has 4 aromatic rings. The molecule has 1 heterocycles. The summed E-state index contributed by atoms with van der Waals surface area (Å²) in [4.78, 5) is 14.9. The van der Waals surface area contributed by atoms with Gasteiger partial charge in [0.2, 0.25) is 11.8 Å². The van der Waals surface area contributed by atoms with Crippen molar-refractivity contribution in [3.05, 3.63) is 101 Å². The molecule has 0 aliphatic heterocycles. The molecule has 0 N–H and O–H groups in total. The van der Waals surface area contributed by atoms with Gasteiger partial charge in [-0.3, -0.25) is 4.79 Å². The predicted octanol–water partition coefficient (Wildman–Crippen LogP) is 5.69. The lowest BCUT2D eigenvalue weighted by Crippen LogP contribution is -2.33. The first kappa shape index (κ1) is 21.8. The van der Waals surface area contributed by atoms with Gasteiger partial charge in [-0.05, 0) is 37.1 Å². The summed E-state index contributed by atoms with van der Waals surface area (Å²) in [6.07, 6.45) is 0. The predicted molar refractivity (Wildman–Crippen MR) is 127 cm³/mol. The number of thioether (sulfide) groups is 1. The highest BCUT2D eigenvalue weighted by atomic mass is 32.2. The highest BCUT2D eigenvalue weighted by molar-refractivity contribution is 7.99. The number of carbonyl (C=O) groups excluding carboxylic acids is 1. The average Bonchev–Trinajstić information content (AvgIpc) is 3.28. The third-order valence-electron chi connectivity index (χ3n) is 5.21. The van der Waals surface area contributed by atoms with Crippen LogP contribution in [0.25, 0.3) is 11.5 Å². The van der Waals surface area contributed by atoms with E-state index in [0.29, 0.717) is 11.1 Å². The maximum absolute atomic E-state index is 13.1. The zero-order chi connectivity index (χ0) is 22.5. The Labute approximate surface area is 192 Å². The van der Waals surface area contributed by atoms with E-state index in [-0.39, 0.29) is 17.7 Å². The van der Waals surface area contributed by atoms with Gasteiger partial charge in [-0.1, -0.05) is 89.6 Å². The molecule has 4 rings (SSSR count). The molecule has 6 heteroatoms. The molecule has 0 bridgehead atoms. The number of hydrogen-bond donors (Lipinski definition) is 0. The fourth-order valence-electron chi connectivity index (χ4n) is 3.76. The van der Waals surface area contributed by atoms with Crippen molar-refractivity contribution in [3.63, 3.8) is 0 Å². The molecule has 3 aromatic carbocycles. The summed E-state index contributed by atoms with van der Waals surface area (Å²) in [6, 6.07) is 26.1. The Kier molecular flexibility index (Phi) is 6.71. The van der Waals surface area contributed by atoms with Crippen LogP contribution in [0.2, 0.25) is 0 Å². The van der Waals surface area contributed by atoms with Crippen LogP contribution in [0.15, 0.2) is 88.5 Å². The Morgan fingerprint density at radius 3 is 2.03 bits per heavy atom. The van der Waals surface area contributed by atoms with E-state index in [2.05, 4.69) is 16.3 Å². The molecule has 0 aliphatic carbocycles. The molecule has 0 spiro atoms. The highest BCUT2D eigenvalue weighted by Crippen LogP contribution is 2.29. The van der Waals surface area contributed by atoms with Gasteiger partial charge in [0.05, 0.1) is 11.8 Å². The number of benzene rings is 3. The number of amides is 1. The zero-order valence-corrected chi connectivity index (χ0v) is 19.2. The van der Waals surface area contributed by atoms with Crippen LogP contribution < -0.4 is 0 Å². The van der Waals surface area contributed by atoms with Crippen molar-refractivity contribution in [1.29, 1.82) is 0 Å². The smallest absolute Gasteiger partial charge is 0.277 e. The Bertz CT molecular complexity index is 1130. The monoisotopic (exact) mass is 443 g/mol. The van der Waals surface area contributed by atoms with Gasteiger partial charge < -0.3 is 9.32 Å². The molecule has 32 heavy (non-hydrogen) atoms. The Hall–Kier alpha value is -3.38. The van der Waals surface area contributed by atoms with Gasteiger partial charge in [-0.2, -0.15) is 0 Å². The first-order valence-electron chi connectivity index (χ1n) is 10.4. The Morgan fingerprint density at radius 2 is 1.47 bits per heavy atom. The third kappa shape index (κ3) is 5.08. The molecule has 0 unspecified atom stereocenters. The van der Waals surface area contributed by atoms with Crippen LogP contribution >= 0.6 is 11.8 Å². The second-order valence-electron chi connectivity index (χ2n) is 7.77. The van der Waals surface area contributed by atoms with Gasteiger partial charge in [-0.15, -0.1) is 10.2 Å². The van der Waals surface area contributed by atoms with Gasteiger partial charge >= 0.3 is 0 Å².